The van der Waals surface area contributed by atoms with Gasteiger partial charge in [-0.1, -0.05) is 6.92 Å². The minimum Gasteiger partial charge on any atom is -0.396 e. The number of piperidine rings is 2. The van der Waals surface area contributed by atoms with Crippen molar-refractivity contribution in [2.75, 3.05) is 32.8 Å². The number of nitrogens with zero attached hydrogens (tertiary/aromatic N) is 2. The highest BCUT2D eigenvalue weighted by molar-refractivity contribution is 5.78. The Morgan fingerprint density at radius 2 is 1.95 bits per heavy atom. The van der Waals surface area contributed by atoms with Crippen LogP contribution in [0.3, 0.4) is 0 Å². The second-order valence-electron chi connectivity index (χ2n) is 6.72. The third-order valence-corrected chi connectivity index (χ3v) is 5.48. The van der Waals surface area contributed by atoms with E-state index in [2.05, 4.69) is 23.6 Å². The van der Waals surface area contributed by atoms with Crippen LogP contribution in [0.5, 0.6) is 0 Å². The molecule has 0 bridgehead atoms. The molecule has 116 valence electrons. The smallest absolute Gasteiger partial charge is 0.236 e. The third-order valence-electron chi connectivity index (χ3n) is 5.48. The molecule has 1 atom stereocenters. The third kappa shape index (κ3) is 3.53. The number of aliphatic hydroxyl groups is 1. The molecule has 2 saturated heterocycles. The SMILES string of the molecule is CCC1(CO)CCN(CC(=O)N2CCCCC2C)CC1. The van der Waals surface area contributed by atoms with E-state index in [1.807, 2.05) is 0 Å². The van der Waals surface area contributed by atoms with Crippen LogP contribution in [0.2, 0.25) is 0 Å². The minimum absolute atomic E-state index is 0.109. The summed E-state index contributed by atoms with van der Waals surface area (Å²) in [4.78, 5) is 16.7. The van der Waals surface area contributed by atoms with Crippen LogP contribution in [0.1, 0.15) is 52.4 Å². The predicted octanol–water partition coefficient (Wildman–Crippen LogP) is 1.87. The summed E-state index contributed by atoms with van der Waals surface area (Å²) in [6, 6.07) is 0.410. The first-order valence-corrected chi connectivity index (χ1v) is 8.23. The molecule has 4 heteroatoms. The lowest BCUT2D eigenvalue weighted by Gasteiger charge is -2.41. The van der Waals surface area contributed by atoms with E-state index in [1.54, 1.807) is 0 Å². The van der Waals surface area contributed by atoms with Crippen molar-refractivity contribution in [2.24, 2.45) is 5.41 Å². The summed E-state index contributed by atoms with van der Waals surface area (Å²) >= 11 is 0. The molecule has 0 aliphatic carbocycles. The van der Waals surface area contributed by atoms with E-state index in [0.717, 1.165) is 51.7 Å². The zero-order valence-electron chi connectivity index (χ0n) is 13.1. The van der Waals surface area contributed by atoms with Gasteiger partial charge in [-0.25, -0.2) is 0 Å². The Labute approximate surface area is 123 Å². The van der Waals surface area contributed by atoms with E-state index in [1.165, 1.54) is 6.42 Å². The molecular weight excluding hydrogens is 252 g/mol. The quantitative estimate of drug-likeness (QED) is 0.856. The Morgan fingerprint density at radius 3 is 2.50 bits per heavy atom. The van der Waals surface area contributed by atoms with Crippen LogP contribution in [0, 0.1) is 5.41 Å². The summed E-state index contributed by atoms with van der Waals surface area (Å²) in [6.07, 6.45) is 6.62. The highest BCUT2D eigenvalue weighted by Crippen LogP contribution is 2.34. The van der Waals surface area contributed by atoms with E-state index >= 15 is 0 Å². The first-order chi connectivity index (χ1) is 9.60. The number of likely N-dealkylation sites (tertiary alicyclic amines) is 2. The van der Waals surface area contributed by atoms with Gasteiger partial charge < -0.3 is 10.0 Å². The molecule has 1 unspecified atom stereocenters. The van der Waals surface area contributed by atoms with Crippen LogP contribution >= 0.6 is 0 Å². The Bertz CT molecular complexity index is 318. The lowest BCUT2D eigenvalue weighted by Crippen LogP contribution is -2.49. The van der Waals surface area contributed by atoms with E-state index in [-0.39, 0.29) is 12.0 Å². The van der Waals surface area contributed by atoms with Gasteiger partial charge in [-0.2, -0.15) is 0 Å². The molecule has 4 nitrogen and oxygen atoms in total. The van der Waals surface area contributed by atoms with Crippen LogP contribution in [-0.4, -0.2) is 59.6 Å². The maximum absolute atomic E-state index is 12.4. The highest BCUT2D eigenvalue weighted by Gasteiger charge is 2.33. The Kier molecular flexibility index (Phi) is 5.44. The van der Waals surface area contributed by atoms with E-state index in [9.17, 15) is 9.90 Å². The van der Waals surface area contributed by atoms with Crippen LogP contribution < -0.4 is 0 Å². The second kappa shape index (κ2) is 6.90. The highest BCUT2D eigenvalue weighted by atomic mass is 16.3. The van der Waals surface area contributed by atoms with Gasteiger partial charge in [0, 0.05) is 19.2 Å². The maximum atomic E-state index is 12.4. The molecule has 0 aromatic carbocycles. The summed E-state index contributed by atoms with van der Waals surface area (Å²) in [5, 5.41) is 9.55. The molecular formula is C16H30N2O2. The summed E-state index contributed by atoms with van der Waals surface area (Å²) in [7, 11) is 0. The van der Waals surface area contributed by atoms with Crippen molar-refractivity contribution in [3.05, 3.63) is 0 Å². The molecule has 0 saturated carbocycles. The zero-order chi connectivity index (χ0) is 14.6. The number of aliphatic hydroxyl groups excluding tert-OH is 1. The summed E-state index contributed by atoms with van der Waals surface area (Å²) in [5.74, 6) is 0.296. The fraction of sp³-hybridized carbons (Fsp3) is 0.938. The number of carbonyl (C=O) groups is 1. The monoisotopic (exact) mass is 282 g/mol. The van der Waals surface area contributed by atoms with Crippen molar-refractivity contribution in [1.82, 2.24) is 9.80 Å². The van der Waals surface area contributed by atoms with Crippen LogP contribution in [0.25, 0.3) is 0 Å². The number of amides is 1. The maximum Gasteiger partial charge on any atom is 0.236 e. The van der Waals surface area contributed by atoms with E-state index < -0.39 is 0 Å². The lowest BCUT2D eigenvalue weighted by molar-refractivity contribution is -0.136. The second-order valence-corrected chi connectivity index (χ2v) is 6.72. The lowest BCUT2D eigenvalue weighted by atomic mass is 9.77. The molecule has 20 heavy (non-hydrogen) atoms. The molecule has 0 aromatic heterocycles. The zero-order valence-corrected chi connectivity index (χ0v) is 13.1. The largest absolute Gasteiger partial charge is 0.396 e. The number of rotatable bonds is 4. The van der Waals surface area contributed by atoms with Crippen molar-refractivity contribution in [2.45, 2.75) is 58.4 Å². The van der Waals surface area contributed by atoms with Gasteiger partial charge in [-0.3, -0.25) is 9.69 Å². The fourth-order valence-electron chi connectivity index (χ4n) is 3.56. The van der Waals surface area contributed by atoms with Gasteiger partial charge in [0.1, 0.15) is 0 Å². The normalized spacial score (nSPS) is 27.6. The van der Waals surface area contributed by atoms with Crippen molar-refractivity contribution < 1.29 is 9.90 Å². The molecule has 2 heterocycles. The fourth-order valence-corrected chi connectivity index (χ4v) is 3.56. The van der Waals surface area contributed by atoms with Crippen LogP contribution in [-0.2, 0) is 4.79 Å². The Morgan fingerprint density at radius 1 is 1.25 bits per heavy atom. The standard InChI is InChI=1S/C16H30N2O2/c1-3-16(13-19)7-10-17(11-8-16)12-15(20)18-9-5-4-6-14(18)2/h14,19H,3-13H2,1-2H3. The molecule has 2 rings (SSSR count). The van der Waals surface area contributed by atoms with Crippen molar-refractivity contribution in [3.63, 3.8) is 0 Å². The van der Waals surface area contributed by atoms with Gasteiger partial charge in [0.05, 0.1) is 6.54 Å². The Balaban J connectivity index is 1.81. The number of hydrogen-bond acceptors (Lipinski definition) is 3. The van der Waals surface area contributed by atoms with E-state index in [0.29, 0.717) is 18.5 Å². The average molecular weight is 282 g/mol. The molecule has 1 N–H and O–H groups in total. The summed E-state index contributed by atoms with van der Waals surface area (Å²) in [5.41, 5.74) is 0.109. The minimum atomic E-state index is 0.109. The Hall–Kier alpha value is -0.610. The molecule has 0 spiro atoms. The van der Waals surface area contributed by atoms with Gasteiger partial charge >= 0.3 is 0 Å². The topological polar surface area (TPSA) is 43.8 Å². The van der Waals surface area contributed by atoms with Gasteiger partial charge in [-0.05, 0) is 64.0 Å². The van der Waals surface area contributed by atoms with Crippen LogP contribution in [0.15, 0.2) is 0 Å². The molecule has 2 fully saturated rings. The number of carbonyl (C=O) groups excluding carboxylic acids is 1. The average Bonchev–Trinajstić information content (AvgIpc) is 2.49. The van der Waals surface area contributed by atoms with Crippen LogP contribution in [0.4, 0.5) is 0 Å². The molecule has 0 aromatic rings. The molecule has 2 aliphatic heterocycles. The van der Waals surface area contributed by atoms with Crippen molar-refractivity contribution >= 4 is 5.91 Å². The first-order valence-electron chi connectivity index (χ1n) is 8.23. The van der Waals surface area contributed by atoms with Gasteiger partial charge in [0.2, 0.25) is 5.91 Å². The summed E-state index contributed by atoms with van der Waals surface area (Å²) in [6.45, 7) is 8.01. The van der Waals surface area contributed by atoms with Gasteiger partial charge in [-0.15, -0.1) is 0 Å². The predicted molar refractivity (Wildman–Crippen MR) is 80.5 cm³/mol. The number of hydrogen-bond donors (Lipinski definition) is 1. The van der Waals surface area contributed by atoms with Gasteiger partial charge in [0.15, 0.2) is 0 Å². The molecule has 2 aliphatic rings. The molecule has 0 radical (unpaired) electrons. The van der Waals surface area contributed by atoms with Crippen molar-refractivity contribution in [1.29, 1.82) is 0 Å². The summed E-state index contributed by atoms with van der Waals surface area (Å²) < 4.78 is 0. The first kappa shape index (κ1) is 15.8. The van der Waals surface area contributed by atoms with Crippen molar-refractivity contribution in [3.8, 4) is 0 Å². The van der Waals surface area contributed by atoms with E-state index in [4.69, 9.17) is 0 Å². The van der Waals surface area contributed by atoms with Gasteiger partial charge in [0.25, 0.3) is 0 Å². The molecule has 1 amide bonds.